The third-order valence-corrected chi connectivity index (χ3v) is 5.91. The van der Waals surface area contributed by atoms with Crippen molar-refractivity contribution >= 4 is 5.91 Å². The molecule has 0 spiro atoms. The first-order valence-corrected chi connectivity index (χ1v) is 9.51. The van der Waals surface area contributed by atoms with Crippen LogP contribution in [0.3, 0.4) is 0 Å². The molecule has 26 heavy (non-hydrogen) atoms. The Morgan fingerprint density at radius 3 is 2.62 bits per heavy atom. The first kappa shape index (κ1) is 16.8. The number of benzene rings is 1. The van der Waals surface area contributed by atoms with Crippen LogP contribution in [0.2, 0.25) is 0 Å². The topological polar surface area (TPSA) is 57.0 Å². The lowest BCUT2D eigenvalue weighted by Gasteiger charge is -2.41. The Hall–Kier alpha value is -2.67. The number of hydrogen-bond acceptors (Lipinski definition) is 3. The Bertz CT molecular complexity index is 837. The first-order valence-electron chi connectivity index (χ1n) is 9.51. The number of carbonyl (C=O) groups is 1. The van der Waals surface area contributed by atoms with E-state index in [9.17, 15) is 10.1 Å². The molecule has 4 rings (SSSR count). The summed E-state index contributed by atoms with van der Waals surface area (Å²) < 4.78 is 0. The van der Waals surface area contributed by atoms with Crippen molar-refractivity contribution in [1.82, 2.24) is 9.88 Å². The Labute approximate surface area is 154 Å². The summed E-state index contributed by atoms with van der Waals surface area (Å²) >= 11 is 0. The van der Waals surface area contributed by atoms with Crippen molar-refractivity contribution in [2.45, 2.75) is 32.1 Å². The minimum atomic E-state index is 0.127. The van der Waals surface area contributed by atoms with Crippen molar-refractivity contribution < 1.29 is 4.79 Å². The molecule has 0 bridgehead atoms. The van der Waals surface area contributed by atoms with Gasteiger partial charge in [-0.05, 0) is 48.9 Å². The van der Waals surface area contributed by atoms with Crippen LogP contribution in [0.1, 0.15) is 48.0 Å². The van der Waals surface area contributed by atoms with E-state index in [2.05, 4.69) is 11.1 Å². The number of pyridine rings is 1. The molecule has 132 valence electrons. The lowest BCUT2D eigenvalue weighted by atomic mass is 9.75. The average molecular weight is 345 g/mol. The summed E-state index contributed by atoms with van der Waals surface area (Å²) in [5.74, 6) is 1.64. The highest BCUT2D eigenvalue weighted by molar-refractivity contribution is 5.94. The third kappa shape index (κ3) is 3.22. The molecule has 4 nitrogen and oxygen atoms in total. The SMILES string of the molecule is N#Cc1cccnc1-c1ccc(C(=O)N2CC[C@@H]3CCCC[C@H]3C2)cc1. The fourth-order valence-electron chi connectivity index (χ4n) is 4.46. The molecule has 1 saturated carbocycles. The predicted molar refractivity (Wildman–Crippen MR) is 100 cm³/mol. The standard InChI is InChI=1S/C22H23N3O/c23-14-19-6-3-12-24-21(19)17-7-9-18(10-8-17)22(26)25-13-11-16-4-1-2-5-20(16)15-25/h3,6-10,12,16,20H,1-2,4-5,11,13,15H2/t16-,20-/m0/s1. The van der Waals surface area contributed by atoms with Gasteiger partial charge < -0.3 is 4.90 Å². The van der Waals surface area contributed by atoms with E-state index in [0.29, 0.717) is 17.2 Å². The second kappa shape index (κ2) is 7.29. The van der Waals surface area contributed by atoms with Crippen LogP contribution in [0.15, 0.2) is 42.6 Å². The van der Waals surface area contributed by atoms with E-state index >= 15 is 0 Å². The molecule has 0 N–H and O–H groups in total. The number of fused-ring (bicyclic) bond motifs is 1. The van der Waals surface area contributed by atoms with Gasteiger partial charge in [0.05, 0.1) is 11.3 Å². The number of piperidine rings is 1. The van der Waals surface area contributed by atoms with Gasteiger partial charge >= 0.3 is 0 Å². The van der Waals surface area contributed by atoms with Crippen molar-refractivity contribution in [2.75, 3.05) is 13.1 Å². The van der Waals surface area contributed by atoms with Crippen LogP contribution < -0.4 is 0 Å². The smallest absolute Gasteiger partial charge is 0.253 e. The highest BCUT2D eigenvalue weighted by Gasteiger charge is 2.33. The maximum absolute atomic E-state index is 12.9. The summed E-state index contributed by atoms with van der Waals surface area (Å²) in [7, 11) is 0. The number of hydrogen-bond donors (Lipinski definition) is 0. The maximum Gasteiger partial charge on any atom is 0.253 e. The van der Waals surface area contributed by atoms with Gasteiger partial charge in [0.15, 0.2) is 0 Å². The molecule has 2 fully saturated rings. The maximum atomic E-state index is 12.9. The van der Waals surface area contributed by atoms with Crippen LogP contribution >= 0.6 is 0 Å². The molecule has 2 atom stereocenters. The van der Waals surface area contributed by atoms with Crippen LogP contribution in [0.25, 0.3) is 11.3 Å². The quantitative estimate of drug-likeness (QED) is 0.816. The van der Waals surface area contributed by atoms with Gasteiger partial charge in [0.1, 0.15) is 6.07 Å². The van der Waals surface area contributed by atoms with Crippen LogP contribution in [-0.2, 0) is 0 Å². The first-order chi connectivity index (χ1) is 12.8. The zero-order valence-corrected chi connectivity index (χ0v) is 14.9. The van der Waals surface area contributed by atoms with Gasteiger partial charge in [0.25, 0.3) is 5.91 Å². The number of rotatable bonds is 2. The molecule has 1 aromatic heterocycles. The fraction of sp³-hybridized carbons (Fsp3) is 0.409. The molecule has 1 amide bonds. The second-order valence-corrected chi connectivity index (χ2v) is 7.43. The summed E-state index contributed by atoms with van der Waals surface area (Å²) in [6, 6.07) is 13.2. The minimum Gasteiger partial charge on any atom is -0.338 e. The second-order valence-electron chi connectivity index (χ2n) is 7.43. The molecule has 1 aromatic carbocycles. The zero-order chi connectivity index (χ0) is 17.9. The van der Waals surface area contributed by atoms with E-state index in [4.69, 9.17) is 0 Å². The molecule has 4 heteroatoms. The van der Waals surface area contributed by atoms with Crippen molar-refractivity contribution in [3.8, 4) is 17.3 Å². The molecular formula is C22H23N3O. The lowest BCUT2D eigenvalue weighted by molar-refractivity contribution is 0.0521. The van der Waals surface area contributed by atoms with Crippen LogP contribution in [0.5, 0.6) is 0 Å². The summed E-state index contributed by atoms with van der Waals surface area (Å²) in [4.78, 5) is 19.2. The Balaban J connectivity index is 1.50. The number of amides is 1. The van der Waals surface area contributed by atoms with Crippen molar-refractivity contribution in [1.29, 1.82) is 5.26 Å². The van der Waals surface area contributed by atoms with E-state index in [1.165, 1.54) is 25.7 Å². The molecule has 2 heterocycles. The Morgan fingerprint density at radius 1 is 1.08 bits per heavy atom. The van der Waals surface area contributed by atoms with Crippen molar-refractivity contribution in [2.24, 2.45) is 11.8 Å². The van der Waals surface area contributed by atoms with Gasteiger partial charge in [-0.15, -0.1) is 0 Å². The number of carbonyl (C=O) groups excluding carboxylic acids is 1. The van der Waals surface area contributed by atoms with Gasteiger partial charge in [0, 0.05) is 30.4 Å². The number of nitrogens with zero attached hydrogens (tertiary/aromatic N) is 3. The lowest BCUT2D eigenvalue weighted by Crippen LogP contribution is -2.44. The molecule has 0 radical (unpaired) electrons. The summed E-state index contributed by atoms with van der Waals surface area (Å²) in [5.41, 5.74) is 2.80. The summed E-state index contributed by atoms with van der Waals surface area (Å²) in [5, 5.41) is 9.24. The third-order valence-electron chi connectivity index (χ3n) is 5.91. The zero-order valence-electron chi connectivity index (χ0n) is 14.9. The van der Waals surface area contributed by atoms with E-state index in [-0.39, 0.29) is 5.91 Å². The van der Waals surface area contributed by atoms with Gasteiger partial charge in [-0.3, -0.25) is 9.78 Å². The number of likely N-dealkylation sites (tertiary alicyclic amines) is 1. The average Bonchev–Trinajstić information content (AvgIpc) is 2.73. The van der Waals surface area contributed by atoms with Crippen molar-refractivity contribution in [3.05, 3.63) is 53.7 Å². The number of aromatic nitrogens is 1. The predicted octanol–water partition coefficient (Wildman–Crippen LogP) is 4.27. The van der Waals surface area contributed by atoms with Gasteiger partial charge in [-0.2, -0.15) is 5.26 Å². The molecule has 2 aromatic rings. The molecule has 1 saturated heterocycles. The van der Waals surface area contributed by atoms with E-state index in [1.54, 1.807) is 18.3 Å². The van der Waals surface area contributed by atoms with E-state index in [0.717, 1.165) is 36.6 Å². The molecule has 1 aliphatic heterocycles. The van der Waals surface area contributed by atoms with Gasteiger partial charge in [-0.25, -0.2) is 0 Å². The normalized spacial score (nSPS) is 22.3. The largest absolute Gasteiger partial charge is 0.338 e. The van der Waals surface area contributed by atoms with Gasteiger partial charge in [0.2, 0.25) is 0 Å². The van der Waals surface area contributed by atoms with Crippen LogP contribution in [0.4, 0.5) is 0 Å². The van der Waals surface area contributed by atoms with Crippen molar-refractivity contribution in [3.63, 3.8) is 0 Å². The Kier molecular flexibility index (Phi) is 4.71. The van der Waals surface area contributed by atoms with E-state index < -0.39 is 0 Å². The number of nitriles is 1. The highest BCUT2D eigenvalue weighted by atomic mass is 16.2. The Morgan fingerprint density at radius 2 is 1.85 bits per heavy atom. The monoisotopic (exact) mass is 345 g/mol. The fourth-order valence-corrected chi connectivity index (χ4v) is 4.46. The minimum absolute atomic E-state index is 0.127. The molecule has 1 aliphatic carbocycles. The van der Waals surface area contributed by atoms with Crippen LogP contribution in [0, 0.1) is 23.2 Å². The van der Waals surface area contributed by atoms with Crippen LogP contribution in [-0.4, -0.2) is 28.9 Å². The summed E-state index contributed by atoms with van der Waals surface area (Å²) in [6.45, 7) is 1.78. The molecular weight excluding hydrogens is 322 g/mol. The van der Waals surface area contributed by atoms with Gasteiger partial charge in [-0.1, -0.05) is 31.4 Å². The summed E-state index contributed by atoms with van der Waals surface area (Å²) in [6.07, 6.45) is 8.10. The van der Waals surface area contributed by atoms with E-state index in [1.807, 2.05) is 29.2 Å². The molecule has 0 unspecified atom stereocenters. The molecule has 2 aliphatic rings. The highest BCUT2D eigenvalue weighted by Crippen LogP contribution is 2.36.